The van der Waals surface area contributed by atoms with Crippen molar-refractivity contribution in [3.63, 3.8) is 0 Å². The van der Waals surface area contributed by atoms with Gasteiger partial charge in [0.15, 0.2) is 0 Å². The van der Waals surface area contributed by atoms with Gasteiger partial charge in [-0.15, -0.1) is 0 Å². The Hall–Kier alpha value is -3.07. The molecule has 0 amide bonds. The zero-order valence-corrected chi connectivity index (χ0v) is 15.6. The van der Waals surface area contributed by atoms with Crippen LogP contribution in [0.25, 0.3) is 27.5 Å². The molecule has 0 fully saturated rings. The van der Waals surface area contributed by atoms with Crippen LogP contribution in [0.3, 0.4) is 0 Å². The molecule has 0 radical (unpaired) electrons. The number of hydrogen-bond donors (Lipinski definition) is 0. The molecule has 0 saturated heterocycles. The Balaban J connectivity index is 2.01. The van der Waals surface area contributed by atoms with Gasteiger partial charge in [-0.25, -0.2) is 4.79 Å². The Bertz CT molecular complexity index is 1150. The molecule has 5 rings (SSSR count). The van der Waals surface area contributed by atoms with Crippen LogP contribution in [0.1, 0.15) is 30.5 Å². The van der Waals surface area contributed by atoms with Crippen molar-refractivity contribution < 1.29 is 14.3 Å². The van der Waals surface area contributed by atoms with Crippen LogP contribution >= 0.6 is 0 Å². The number of carbonyl (C=O) groups is 1. The predicted molar refractivity (Wildman–Crippen MR) is 107 cm³/mol. The van der Waals surface area contributed by atoms with Gasteiger partial charge in [0.25, 0.3) is 0 Å². The third-order valence-corrected chi connectivity index (χ3v) is 5.85. The van der Waals surface area contributed by atoms with E-state index >= 15 is 0 Å². The topological polar surface area (TPSA) is 35.5 Å². The number of hydrogen-bond acceptors (Lipinski definition) is 3. The van der Waals surface area contributed by atoms with Gasteiger partial charge in [0, 0.05) is 16.4 Å². The molecule has 0 aromatic heterocycles. The van der Waals surface area contributed by atoms with Crippen LogP contribution in [0.2, 0.25) is 0 Å². The molecule has 0 bridgehead atoms. The minimum atomic E-state index is -0.316. The summed E-state index contributed by atoms with van der Waals surface area (Å²) in [6.07, 6.45) is 1.84. The molecular weight excluding hydrogens is 336 g/mol. The molecule has 134 valence electrons. The third kappa shape index (κ3) is 2.00. The van der Waals surface area contributed by atoms with Gasteiger partial charge in [-0.1, -0.05) is 62.4 Å². The fourth-order valence-electron chi connectivity index (χ4n) is 4.71. The maximum atomic E-state index is 12.6. The van der Waals surface area contributed by atoms with Gasteiger partial charge < -0.3 is 9.47 Å². The van der Waals surface area contributed by atoms with E-state index in [9.17, 15) is 4.79 Å². The molecule has 3 nitrogen and oxygen atoms in total. The standard InChI is InChI=1S/C24H20O3/c1-24(2)18-11-7-6-10-16(18)19-14-8-4-5-9-15(14)22-20(21(19)24)17(12-13-27-22)23(25)26-3/h4-12H,13H2,1-3H3. The number of methoxy groups -OCH3 is 1. The lowest BCUT2D eigenvalue weighted by Crippen LogP contribution is -2.21. The average molecular weight is 356 g/mol. The fourth-order valence-corrected chi connectivity index (χ4v) is 4.71. The van der Waals surface area contributed by atoms with E-state index in [1.54, 1.807) is 0 Å². The summed E-state index contributed by atoms with van der Waals surface area (Å²) in [7, 11) is 1.43. The predicted octanol–water partition coefficient (Wildman–Crippen LogP) is 5.09. The highest BCUT2D eigenvalue weighted by molar-refractivity contribution is 6.22. The first-order valence-corrected chi connectivity index (χ1v) is 9.16. The van der Waals surface area contributed by atoms with Crippen LogP contribution in [-0.2, 0) is 14.9 Å². The van der Waals surface area contributed by atoms with Crippen molar-refractivity contribution in [2.75, 3.05) is 13.7 Å². The highest BCUT2D eigenvalue weighted by atomic mass is 16.5. The first kappa shape index (κ1) is 16.1. The number of rotatable bonds is 1. The van der Waals surface area contributed by atoms with E-state index in [-0.39, 0.29) is 11.4 Å². The van der Waals surface area contributed by atoms with Gasteiger partial charge in [-0.2, -0.15) is 0 Å². The summed E-state index contributed by atoms with van der Waals surface area (Å²) in [5, 5.41) is 2.20. The molecule has 27 heavy (non-hydrogen) atoms. The van der Waals surface area contributed by atoms with Crippen LogP contribution in [-0.4, -0.2) is 19.7 Å². The van der Waals surface area contributed by atoms with Gasteiger partial charge in [0.2, 0.25) is 0 Å². The molecule has 1 heterocycles. The molecule has 3 aromatic rings. The second-order valence-corrected chi connectivity index (χ2v) is 7.59. The van der Waals surface area contributed by atoms with Crippen molar-refractivity contribution in [2.45, 2.75) is 19.3 Å². The van der Waals surface area contributed by atoms with Crippen molar-refractivity contribution in [1.29, 1.82) is 0 Å². The number of ether oxygens (including phenoxy) is 2. The molecule has 0 unspecified atom stereocenters. The van der Waals surface area contributed by atoms with E-state index in [1.807, 2.05) is 12.1 Å². The fraction of sp³-hybridized carbons (Fsp3) is 0.208. The molecule has 3 aromatic carbocycles. The lowest BCUT2D eigenvalue weighted by atomic mass is 9.77. The Morgan fingerprint density at radius 2 is 1.70 bits per heavy atom. The summed E-state index contributed by atoms with van der Waals surface area (Å²) in [5.74, 6) is 0.469. The van der Waals surface area contributed by atoms with Crippen molar-refractivity contribution in [3.8, 4) is 16.9 Å². The maximum Gasteiger partial charge on any atom is 0.338 e. The minimum Gasteiger partial charge on any atom is -0.488 e. The van der Waals surface area contributed by atoms with Crippen LogP contribution in [0.4, 0.5) is 0 Å². The molecule has 0 atom stereocenters. The first-order chi connectivity index (χ1) is 13.1. The largest absolute Gasteiger partial charge is 0.488 e. The molecule has 0 saturated carbocycles. The van der Waals surface area contributed by atoms with E-state index in [0.717, 1.165) is 27.6 Å². The number of esters is 1. The van der Waals surface area contributed by atoms with Gasteiger partial charge in [0.1, 0.15) is 12.4 Å². The Morgan fingerprint density at radius 1 is 1.00 bits per heavy atom. The van der Waals surface area contributed by atoms with Crippen molar-refractivity contribution in [2.24, 2.45) is 0 Å². The van der Waals surface area contributed by atoms with Crippen LogP contribution < -0.4 is 4.74 Å². The van der Waals surface area contributed by atoms with Gasteiger partial charge >= 0.3 is 5.97 Å². The Kier molecular flexibility index (Phi) is 3.26. The van der Waals surface area contributed by atoms with E-state index in [1.165, 1.54) is 23.8 Å². The van der Waals surface area contributed by atoms with Gasteiger partial charge in [-0.3, -0.25) is 0 Å². The van der Waals surface area contributed by atoms with Crippen LogP contribution in [0, 0.1) is 0 Å². The lowest BCUT2D eigenvalue weighted by molar-refractivity contribution is -0.133. The van der Waals surface area contributed by atoms with Crippen molar-refractivity contribution in [1.82, 2.24) is 0 Å². The summed E-state index contributed by atoms with van der Waals surface area (Å²) in [5.41, 5.74) is 6.08. The van der Waals surface area contributed by atoms with E-state index < -0.39 is 0 Å². The van der Waals surface area contributed by atoms with E-state index in [0.29, 0.717) is 12.2 Å². The second-order valence-electron chi connectivity index (χ2n) is 7.59. The maximum absolute atomic E-state index is 12.6. The molecule has 3 heteroatoms. The summed E-state index contributed by atoms with van der Waals surface area (Å²) in [4.78, 5) is 12.6. The van der Waals surface area contributed by atoms with Crippen molar-refractivity contribution in [3.05, 3.63) is 71.3 Å². The highest BCUT2D eigenvalue weighted by Gasteiger charge is 2.42. The summed E-state index contributed by atoms with van der Waals surface area (Å²) in [6, 6.07) is 16.8. The number of fused-ring (bicyclic) bond motifs is 8. The second kappa shape index (κ2) is 5.46. The molecule has 0 N–H and O–H groups in total. The minimum absolute atomic E-state index is 0.242. The summed E-state index contributed by atoms with van der Waals surface area (Å²) in [6.45, 7) is 4.81. The molecular formula is C24H20O3. The highest BCUT2D eigenvalue weighted by Crippen LogP contribution is 2.57. The van der Waals surface area contributed by atoms with Crippen LogP contribution in [0.5, 0.6) is 5.75 Å². The average Bonchev–Trinajstić information content (AvgIpc) is 2.95. The zero-order valence-electron chi connectivity index (χ0n) is 15.6. The molecule has 0 spiro atoms. The number of carbonyl (C=O) groups excluding carboxylic acids is 1. The quantitative estimate of drug-likeness (QED) is 0.570. The van der Waals surface area contributed by atoms with Crippen molar-refractivity contribution >= 4 is 22.3 Å². The summed E-state index contributed by atoms with van der Waals surface area (Å²) >= 11 is 0. The normalized spacial score (nSPS) is 16.0. The summed E-state index contributed by atoms with van der Waals surface area (Å²) < 4.78 is 11.2. The van der Waals surface area contributed by atoms with E-state index in [4.69, 9.17) is 9.47 Å². The molecule has 1 aliphatic carbocycles. The Labute approximate surface area is 158 Å². The lowest BCUT2D eigenvalue weighted by Gasteiger charge is -2.29. The SMILES string of the molecule is COC(=O)C1=CCOc2c1c1c(c3ccccc23)-c2ccccc2C1(C)C. The number of benzene rings is 3. The monoisotopic (exact) mass is 356 g/mol. The van der Waals surface area contributed by atoms with Gasteiger partial charge in [-0.05, 0) is 33.7 Å². The zero-order chi connectivity index (χ0) is 18.8. The third-order valence-electron chi connectivity index (χ3n) is 5.85. The smallest absolute Gasteiger partial charge is 0.338 e. The first-order valence-electron chi connectivity index (χ1n) is 9.16. The van der Waals surface area contributed by atoms with E-state index in [2.05, 4.69) is 56.3 Å². The van der Waals surface area contributed by atoms with Gasteiger partial charge in [0.05, 0.1) is 12.7 Å². The Morgan fingerprint density at radius 3 is 2.48 bits per heavy atom. The van der Waals surface area contributed by atoms with Crippen LogP contribution in [0.15, 0.2) is 54.6 Å². The molecule has 2 aliphatic rings. The molecule has 1 aliphatic heterocycles.